The van der Waals surface area contributed by atoms with Crippen LogP contribution in [0, 0.1) is 0 Å². The van der Waals surface area contributed by atoms with Crippen LogP contribution in [0.3, 0.4) is 0 Å². The molecule has 3 aromatic rings. The molecule has 2 aliphatic heterocycles. The number of amides is 1. The van der Waals surface area contributed by atoms with Gasteiger partial charge in [-0.3, -0.25) is 14.2 Å². The van der Waals surface area contributed by atoms with Crippen molar-refractivity contribution in [2.24, 2.45) is 7.05 Å². The molecule has 0 spiro atoms. The fraction of sp³-hybridized carbons (Fsp3) is 0.350. The SMILES string of the molecule is CSc1ncc2c(n1)N1CCCC1CN(c1cccc(-c3nsc(=O)n3C)c1)C2=O. The van der Waals surface area contributed by atoms with Gasteiger partial charge in [0.25, 0.3) is 5.91 Å². The number of nitrogens with zero attached hydrogens (tertiary/aromatic N) is 6. The lowest BCUT2D eigenvalue weighted by Gasteiger charge is -2.27. The maximum atomic E-state index is 13.5. The minimum Gasteiger partial charge on any atom is -0.351 e. The van der Waals surface area contributed by atoms with Gasteiger partial charge in [0.15, 0.2) is 11.0 Å². The Morgan fingerprint density at radius 3 is 2.90 bits per heavy atom. The van der Waals surface area contributed by atoms with Gasteiger partial charge in [-0.15, -0.1) is 0 Å². The highest BCUT2D eigenvalue weighted by Crippen LogP contribution is 2.35. The Morgan fingerprint density at radius 2 is 2.13 bits per heavy atom. The first-order valence-corrected chi connectivity index (χ1v) is 11.7. The molecule has 2 aromatic heterocycles. The molecule has 1 fully saturated rings. The van der Waals surface area contributed by atoms with Gasteiger partial charge in [0.2, 0.25) is 0 Å². The van der Waals surface area contributed by atoms with Crippen LogP contribution in [-0.4, -0.2) is 50.2 Å². The number of carbonyl (C=O) groups excluding carboxylic acids is 1. The minimum atomic E-state index is -0.112. The average molecular weight is 441 g/mol. The fourth-order valence-corrected chi connectivity index (χ4v) is 5.08. The summed E-state index contributed by atoms with van der Waals surface area (Å²) in [5.41, 5.74) is 2.12. The summed E-state index contributed by atoms with van der Waals surface area (Å²) in [6.07, 6.45) is 5.68. The molecule has 1 atom stereocenters. The molecule has 5 rings (SSSR count). The van der Waals surface area contributed by atoms with Gasteiger partial charge in [0, 0.05) is 55.2 Å². The highest BCUT2D eigenvalue weighted by atomic mass is 32.2. The Bertz CT molecular complexity index is 1190. The van der Waals surface area contributed by atoms with Crippen molar-refractivity contribution in [3.05, 3.63) is 45.7 Å². The Morgan fingerprint density at radius 1 is 1.27 bits per heavy atom. The number of hydrogen-bond donors (Lipinski definition) is 0. The van der Waals surface area contributed by atoms with Crippen molar-refractivity contribution in [2.75, 3.05) is 29.1 Å². The molecule has 0 aliphatic carbocycles. The average Bonchev–Trinajstić information content (AvgIpc) is 3.35. The van der Waals surface area contributed by atoms with Crippen LogP contribution in [0.4, 0.5) is 11.5 Å². The van der Waals surface area contributed by atoms with E-state index in [1.54, 1.807) is 13.2 Å². The number of fused-ring (bicyclic) bond motifs is 3. The van der Waals surface area contributed by atoms with Crippen molar-refractivity contribution in [1.82, 2.24) is 18.9 Å². The zero-order valence-electron chi connectivity index (χ0n) is 16.6. The number of rotatable bonds is 3. The number of thioether (sulfide) groups is 1. The van der Waals surface area contributed by atoms with E-state index in [1.165, 1.54) is 16.3 Å². The predicted molar refractivity (Wildman–Crippen MR) is 119 cm³/mol. The Balaban J connectivity index is 1.59. The molecule has 8 nitrogen and oxygen atoms in total. The Labute approximate surface area is 181 Å². The van der Waals surface area contributed by atoms with Crippen LogP contribution in [-0.2, 0) is 7.05 Å². The lowest BCUT2D eigenvalue weighted by Crippen LogP contribution is -2.39. The van der Waals surface area contributed by atoms with Gasteiger partial charge in [0.05, 0.1) is 0 Å². The molecule has 1 amide bonds. The molecule has 0 radical (unpaired) electrons. The van der Waals surface area contributed by atoms with Crippen molar-refractivity contribution in [1.29, 1.82) is 0 Å². The van der Waals surface area contributed by atoms with E-state index in [4.69, 9.17) is 0 Å². The summed E-state index contributed by atoms with van der Waals surface area (Å²) >= 11 is 2.41. The van der Waals surface area contributed by atoms with Gasteiger partial charge in [0.1, 0.15) is 11.4 Å². The zero-order valence-corrected chi connectivity index (χ0v) is 18.2. The molecule has 4 heterocycles. The topological polar surface area (TPSA) is 84.2 Å². The first-order valence-electron chi connectivity index (χ1n) is 9.69. The van der Waals surface area contributed by atoms with E-state index >= 15 is 0 Å². The van der Waals surface area contributed by atoms with Gasteiger partial charge in [-0.2, -0.15) is 4.37 Å². The van der Waals surface area contributed by atoms with Gasteiger partial charge in [-0.25, -0.2) is 9.97 Å². The molecule has 30 heavy (non-hydrogen) atoms. The Kier molecular flexibility index (Phi) is 4.82. The number of benzene rings is 1. The summed E-state index contributed by atoms with van der Waals surface area (Å²) in [5, 5.41) is 0.673. The first-order chi connectivity index (χ1) is 14.6. The van der Waals surface area contributed by atoms with E-state index in [1.807, 2.05) is 35.4 Å². The smallest absolute Gasteiger partial charge is 0.326 e. The summed E-state index contributed by atoms with van der Waals surface area (Å²) in [5.74, 6) is 1.24. The van der Waals surface area contributed by atoms with E-state index < -0.39 is 0 Å². The molecule has 154 valence electrons. The fourth-order valence-electron chi connectivity index (χ4n) is 4.14. The lowest BCUT2D eigenvalue weighted by atomic mass is 10.1. The van der Waals surface area contributed by atoms with Crippen LogP contribution in [0.5, 0.6) is 0 Å². The summed E-state index contributed by atoms with van der Waals surface area (Å²) in [6.45, 7) is 1.48. The summed E-state index contributed by atoms with van der Waals surface area (Å²) in [6, 6.07) is 7.87. The molecular formula is C20H20N6O2S2. The zero-order chi connectivity index (χ0) is 20.8. The van der Waals surface area contributed by atoms with E-state index in [9.17, 15) is 9.59 Å². The second-order valence-corrected chi connectivity index (χ2v) is 8.87. The van der Waals surface area contributed by atoms with E-state index in [2.05, 4.69) is 19.2 Å². The van der Waals surface area contributed by atoms with Gasteiger partial charge < -0.3 is 9.80 Å². The molecule has 10 heteroatoms. The third kappa shape index (κ3) is 3.10. The third-order valence-electron chi connectivity index (χ3n) is 5.66. The number of aromatic nitrogens is 4. The van der Waals surface area contributed by atoms with Crippen molar-refractivity contribution < 1.29 is 4.79 Å². The predicted octanol–water partition coefficient (Wildman–Crippen LogP) is 2.65. The van der Waals surface area contributed by atoms with Crippen molar-refractivity contribution in [3.8, 4) is 11.4 Å². The molecule has 1 unspecified atom stereocenters. The number of hydrogen-bond acceptors (Lipinski definition) is 8. The standard InChI is InChI=1S/C20H20N6O2S2/c1-24-16(23-30-20(24)28)12-5-3-6-13(9-12)26-11-14-7-4-8-25(14)17-15(18(26)27)10-21-19(22-17)29-2/h3,5-6,9-10,14H,4,7-8,11H2,1-2H3. The molecule has 2 aliphatic rings. The molecule has 1 aromatic carbocycles. The summed E-state index contributed by atoms with van der Waals surface area (Å²) < 4.78 is 5.80. The lowest BCUT2D eigenvalue weighted by molar-refractivity contribution is 0.0988. The first kappa shape index (κ1) is 19.3. The third-order valence-corrected chi connectivity index (χ3v) is 6.92. The maximum Gasteiger partial charge on any atom is 0.326 e. The molecular weight excluding hydrogens is 420 g/mol. The summed E-state index contributed by atoms with van der Waals surface area (Å²) in [4.78, 5) is 38.4. The van der Waals surface area contributed by atoms with E-state index in [0.717, 1.165) is 48.0 Å². The van der Waals surface area contributed by atoms with Gasteiger partial charge in [-0.05, 0) is 31.2 Å². The second kappa shape index (κ2) is 7.51. The summed E-state index contributed by atoms with van der Waals surface area (Å²) in [7, 11) is 1.71. The van der Waals surface area contributed by atoms with Crippen LogP contribution in [0.15, 0.2) is 40.4 Å². The highest BCUT2D eigenvalue weighted by molar-refractivity contribution is 7.98. The number of carbonyl (C=O) groups is 1. The molecule has 0 saturated carbocycles. The molecule has 0 bridgehead atoms. The van der Waals surface area contributed by atoms with Crippen molar-refractivity contribution in [2.45, 2.75) is 24.0 Å². The van der Waals surface area contributed by atoms with Crippen molar-refractivity contribution >= 4 is 40.7 Å². The van der Waals surface area contributed by atoms with E-state index in [0.29, 0.717) is 23.1 Å². The normalized spacial score (nSPS) is 18.3. The van der Waals surface area contributed by atoms with Crippen LogP contribution >= 0.6 is 23.3 Å². The largest absolute Gasteiger partial charge is 0.351 e. The van der Waals surface area contributed by atoms with Crippen LogP contribution in [0.25, 0.3) is 11.4 Å². The van der Waals surface area contributed by atoms with E-state index in [-0.39, 0.29) is 16.8 Å². The number of anilines is 2. The Hall–Kier alpha value is -2.72. The molecule has 0 N–H and O–H groups in total. The van der Waals surface area contributed by atoms with Crippen LogP contribution < -0.4 is 14.7 Å². The molecule has 1 saturated heterocycles. The quantitative estimate of drug-likeness (QED) is 0.457. The second-order valence-electron chi connectivity index (χ2n) is 7.38. The monoisotopic (exact) mass is 440 g/mol. The van der Waals surface area contributed by atoms with Gasteiger partial charge in [-0.1, -0.05) is 23.9 Å². The maximum absolute atomic E-state index is 13.5. The van der Waals surface area contributed by atoms with Crippen molar-refractivity contribution in [3.63, 3.8) is 0 Å². The van der Waals surface area contributed by atoms with Crippen LogP contribution in [0.1, 0.15) is 23.2 Å². The highest BCUT2D eigenvalue weighted by Gasteiger charge is 2.37. The van der Waals surface area contributed by atoms with Gasteiger partial charge >= 0.3 is 4.87 Å². The minimum absolute atomic E-state index is 0.101. The van der Waals surface area contributed by atoms with Crippen LogP contribution in [0.2, 0.25) is 0 Å².